The number of carbonyl (C=O) groups is 1. The summed E-state index contributed by atoms with van der Waals surface area (Å²) >= 11 is 1.38. The van der Waals surface area contributed by atoms with E-state index in [-0.39, 0.29) is 5.91 Å². The fourth-order valence-corrected chi connectivity index (χ4v) is 2.16. The zero-order valence-corrected chi connectivity index (χ0v) is 10.5. The number of carbonyl (C=O) groups excluding carboxylic acids is 1. The first kappa shape index (κ1) is 11.5. The predicted octanol–water partition coefficient (Wildman–Crippen LogP) is 1.98. The highest BCUT2D eigenvalue weighted by molar-refractivity contribution is 7.12. The van der Waals surface area contributed by atoms with E-state index in [2.05, 4.69) is 20.3 Å². The quantitative estimate of drug-likeness (QED) is 0.790. The van der Waals surface area contributed by atoms with Gasteiger partial charge in [-0.05, 0) is 11.4 Å². The first-order valence-corrected chi connectivity index (χ1v) is 6.36. The Bertz CT molecular complexity index is 678. The smallest absolute Gasteiger partial charge is 0.266 e. The Morgan fingerprint density at radius 3 is 3.05 bits per heavy atom. The summed E-state index contributed by atoms with van der Waals surface area (Å²) in [5.41, 5.74) is 0. The molecule has 0 aliphatic heterocycles. The summed E-state index contributed by atoms with van der Waals surface area (Å²) in [7, 11) is 0. The molecule has 0 radical (unpaired) electrons. The number of rotatable bonds is 3. The van der Waals surface area contributed by atoms with Gasteiger partial charge in [0.15, 0.2) is 0 Å². The number of nitrogens with zero attached hydrogens (tertiary/aromatic N) is 4. The van der Waals surface area contributed by atoms with E-state index in [1.807, 2.05) is 11.4 Å². The molecule has 0 aliphatic carbocycles. The molecule has 0 aliphatic rings. The molecule has 0 fully saturated rings. The summed E-state index contributed by atoms with van der Waals surface area (Å²) < 4.78 is 1.74. The van der Waals surface area contributed by atoms with E-state index < -0.39 is 0 Å². The number of anilines is 1. The van der Waals surface area contributed by atoms with Crippen LogP contribution in [0.15, 0.2) is 48.6 Å². The van der Waals surface area contributed by atoms with Crippen LogP contribution in [0.4, 0.5) is 5.82 Å². The lowest BCUT2D eigenvalue weighted by molar-refractivity contribution is 0.103. The highest BCUT2D eigenvalue weighted by Crippen LogP contribution is 2.13. The molecular weight excluding hydrogens is 262 g/mol. The van der Waals surface area contributed by atoms with Crippen LogP contribution in [0.2, 0.25) is 0 Å². The molecule has 3 rings (SSSR count). The predicted molar refractivity (Wildman–Crippen MR) is 71.4 cm³/mol. The Kier molecular flexibility index (Phi) is 3.03. The summed E-state index contributed by atoms with van der Waals surface area (Å²) in [5, 5.41) is 4.59. The van der Waals surface area contributed by atoms with Crippen LogP contribution in [0.5, 0.6) is 0 Å². The minimum atomic E-state index is -0.176. The molecule has 1 N–H and O–H groups in total. The third-order valence-electron chi connectivity index (χ3n) is 2.41. The Hall–Kier alpha value is -2.54. The van der Waals surface area contributed by atoms with Crippen molar-refractivity contribution in [3.63, 3.8) is 0 Å². The molecule has 0 spiro atoms. The number of nitrogens with one attached hydrogen (secondary N) is 1. The van der Waals surface area contributed by atoms with Gasteiger partial charge in [-0.1, -0.05) is 6.07 Å². The lowest BCUT2D eigenvalue weighted by Gasteiger charge is -2.05. The van der Waals surface area contributed by atoms with Crippen LogP contribution in [0.1, 0.15) is 9.67 Å². The third-order valence-corrected chi connectivity index (χ3v) is 3.28. The number of amides is 1. The lowest BCUT2D eigenvalue weighted by Crippen LogP contribution is -2.12. The van der Waals surface area contributed by atoms with E-state index in [9.17, 15) is 4.79 Å². The van der Waals surface area contributed by atoms with Gasteiger partial charge in [-0.3, -0.25) is 9.36 Å². The molecular formula is C12H9N5OS. The van der Waals surface area contributed by atoms with Crippen LogP contribution >= 0.6 is 11.3 Å². The van der Waals surface area contributed by atoms with Gasteiger partial charge < -0.3 is 5.32 Å². The molecule has 94 valence electrons. The molecule has 0 bridgehead atoms. The summed E-state index contributed by atoms with van der Waals surface area (Å²) in [6.07, 6.45) is 6.46. The Balaban J connectivity index is 1.82. The molecule has 0 unspecified atom stereocenters. The summed E-state index contributed by atoms with van der Waals surface area (Å²) in [6.45, 7) is 0. The van der Waals surface area contributed by atoms with Crippen LogP contribution in [-0.4, -0.2) is 25.4 Å². The number of imidazole rings is 1. The normalized spacial score (nSPS) is 10.3. The van der Waals surface area contributed by atoms with Crippen LogP contribution in [-0.2, 0) is 0 Å². The van der Waals surface area contributed by atoms with Gasteiger partial charge >= 0.3 is 0 Å². The molecule has 3 aromatic rings. The Labute approximate surface area is 112 Å². The molecule has 3 aromatic heterocycles. The van der Waals surface area contributed by atoms with Crippen LogP contribution in [0, 0.1) is 0 Å². The molecule has 7 heteroatoms. The van der Waals surface area contributed by atoms with Crippen molar-refractivity contribution < 1.29 is 4.79 Å². The number of hydrogen-bond acceptors (Lipinski definition) is 5. The fraction of sp³-hybridized carbons (Fsp3) is 0. The van der Waals surface area contributed by atoms with Crippen LogP contribution in [0.25, 0.3) is 5.82 Å². The van der Waals surface area contributed by atoms with Crippen LogP contribution < -0.4 is 5.32 Å². The van der Waals surface area contributed by atoms with Crippen LogP contribution in [0.3, 0.4) is 0 Å². The zero-order valence-electron chi connectivity index (χ0n) is 9.72. The number of hydrogen-bond donors (Lipinski definition) is 1. The summed E-state index contributed by atoms with van der Waals surface area (Å²) in [4.78, 5) is 24.6. The maximum atomic E-state index is 11.9. The first-order chi connectivity index (χ1) is 9.33. The van der Waals surface area contributed by atoms with E-state index in [0.717, 1.165) is 0 Å². The average molecular weight is 271 g/mol. The van der Waals surface area contributed by atoms with Gasteiger partial charge in [0.25, 0.3) is 5.91 Å². The van der Waals surface area contributed by atoms with Crippen molar-refractivity contribution in [2.45, 2.75) is 0 Å². The molecule has 3 heterocycles. The Morgan fingerprint density at radius 2 is 2.32 bits per heavy atom. The van der Waals surface area contributed by atoms with Gasteiger partial charge in [0, 0.05) is 18.5 Å². The SMILES string of the molecule is O=C(Nc1cc(-n2ccnc2)ncn1)c1cccs1. The van der Waals surface area contributed by atoms with Crippen molar-refractivity contribution in [2.75, 3.05) is 5.32 Å². The second kappa shape index (κ2) is 4.99. The van der Waals surface area contributed by atoms with Gasteiger partial charge in [-0.2, -0.15) is 0 Å². The minimum absolute atomic E-state index is 0.176. The third kappa shape index (κ3) is 2.50. The van der Waals surface area contributed by atoms with Gasteiger partial charge in [-0.15, -0.1) is 11.3 Å². The zero-order chi connectivity index (χ0) is 13.1. The number of thiophene rings is 1. The molecule has 6 nitrogen and oxygen atoms in total. The topological polar surface area (TPSA) is 72.7 Å². The fourth-order valence-electron chi connectivity index (χ4n) is 1.54. The van der Waals surface area contributed by atoms with E-state index in [4.69, 9.17) is 0 Å². The molecule has 19 heavy (non-hydrogen) atoms. The first-order valence-electron chi connectivity index (χ1n) is 5.48. The van der Waals surface area contributed by atoms with Gasteiger partial charge in [0.1, 0.15) is 24.3 Å². The highest BCUT2D eigenvalue weighted by Gasteiger charge is 2.08. The minimum Gasteiger partial charge on any atom is -0.306 e. The van der Waals surface area contributed by atoms with E-state index in [1.165, 1.54) is 17.7 Å². The van der Waals surface area contributed by atoms with Gasteiger partial charge in [-0.25, -0.2) is 15.0 Å². The molecule has 0 saturated carbocycles. The second-order valence-electron chi connectivity index (χ2n) is 3.66. The van der Waals surface area contributed by atoms with E-state index in [1.54, 1.807) is 35.4 Å². The molecule has 0 saturated heterocycles. The average Bonchev–Trinajstić information content (AvgIpc) is 3.13. The summed E-state index contributed by atoms with van der Waals surface area (Å²) in [5.74, 6) is 0.927. The maximum absolute atomic E-state index is 11.9. The van der Waals surface area contributed by atoms with E-state index in [0.29, 0.717) is 16.5 Å². The monoisotopic (exact) mass is 271 g/mol. The standard InChI is InChI=1S/C12H9N5OS/c18-12(9-2-1-5-19-9)16-10-6-11(15-7-14-10)17-4-3-13-8-17/h1-8H,(H,14,15,16,18). The molecule has 0 atom stereocenters. The number of aromatic nitrogens is 4. The van der Waals surface area contributed by atoms with Crippen molar-refractivity contribution in [3.8, 4) is 5.82 Å². The van der Waals surface area contributed by atoms with Crippen molar-refractivity contribution in [3.05, 3.63) is 53.5 Å². The molecule has 0 aromatic carbocycles. The summed E-state index contributed by atoms with van der Waals surface area (Å²) in [6, 6.07) is 5.28. The van der Waals surface area contributed by atoms with E-state index >= 15 is 0 Å². The van der Waals surface area contributed by atoms with Crippen molar-refractivity contribution >= 4 is 23.1 Å². The molecule has 1 amide bonds. The van der Waals surface area contributed by atoms with Crippen molar-refractivity contribution in [1.29, 1.82) is 0 Å². The lowest BCUT2D eigenvalue weighted by atomic mass is 10.4. The van der Waals surface area contributed by atoms with Crippen molar-refractivity contribution in [2.24, 2.45) is 0 Å². The van der Waals surface area contributed by atoms with Crippen molar-refractivity contribution in [1.82, 2.24) is 19.5 Å². The Morgan fingerprint density at radius 1 is 1.37 bits per heavy atom. The maximum Gasteiger partial charge on any atom is 0.266 e. The van der Waals surface area contributed by atoms with Gasteiger partial charge in [0.05, 0.1) is 4.88 Å². The second-order valence-corrected chi connectivity index (χ2v) is 4.61. The highest BCUT2D eigenvalue weighted by atomic mass is 32.1. The largest absolute Gasteiger partial charge is 0.306 e. The van der Waals surface area contributed by atoms with Gasteiger partial charge in [0.2, 0.25) is 0 Å².